The van der Waals surface area contributed by atoms with Crippen molar-refractivity contribution in [2.24, 2.45) is 0 Å². The molecular formula is C12H15N3. The van der Waals surface area contributed by atoms with Crippen molar-refractivity contribution >= 4 is 5.69 Å². The predicted octanol–water partition coefficient (Wildman–Crippen LogP) is 2.13. The van der Waals surface area contributed by atoms with E-state index in [1.807, 2.05) is 11.6 Å². The molecule has 3 heteroatoms. The SMILES string of the molecule is Cc1ccc(Cn2ncc(N)c2C)cc1. The molecule has 0 aliphatic heterocycles. The number of nitrogens with two attached hydrogens (primary N) is 1. The lowest BCUT2D eigenvalue weighted by atomic mass is 10.1. The summed E-state index contributed by atoms with van der Waals surface area (Å²) in [4.78, 5) is 0. The van der Waals surface area contributed by atoms with Gasteiger partial charge in [0, 0.05) is 0 Å². The molecule has 2 N–H and O–H groups in total. The third-order valence-corrected chi connectivity index (χ3v) is 2.59. The average molecular weight is 201 g/mol. The number of hydrogen-bond donors (Lipinski definition) is 1. The molecule has 1 heterocycles. The van der Waals surface area contributed by atoms with Gasteiger partial charge in [-0.05, 0) is 19.4 Å². The summed E-state index contributed by atoms with van der Waals surface area (Å²) in [6.07, 6.45) is 1.70. The number of nitrogen functional groups attached to an aromatic ring is 1. The predicted molar refractivity (Wildman–Crippen MR) is 61.7 cm³/mol. The Labute approximate surface area is 89.5 Å². The van der Waals surface area contributed by atoms with E-state index in [1.165, 1.54) is 11.1 Å². The van der Waals surface area contributed by atoms with E-state index in [2.05, 4.69) is 36.3 Å². The lowest BCUT2D eigenvalue weighted by molar-refractivity contribution is 0.665. The van der Waals surface area contributed by atoms with Crippen molar-refractivity contribution in [3.8, 4) is 0 Å². The van der Waals surface area contributed by atoms with Crippen LogP contribution in [0.25, 0.3) is 0 Å². The van der Waals surface area contributed by atoms with E-state index < -0.39 is 0 Å². The maximum absolute atomic E-state index is 5.74. The van der Waals surface area contributed by atoms with Crippen LogP contribution in [-0.2, 0) is 6.54 Å². The molecule has 2 rings (SSSR count). The maximum atomic E-state index is 5.74. The molecule has 0 radical (unpaired) electrons. The molecule has 0 atom stereocenters. The first-order valence-electron chi connectivity index (χ1n) is 5.00. The summed E-state index contributed by atoms with van der Waals surface area (Å²) in [6, 6.07) is 8.45. The molecule has 0 aliphatic rings. The Kier molecular flexibility index (Phi) is 2.46. The second kappa shape index (κ2) is 3.77. The van der Waals surface area contributed by atoms with Gasteiger partial charge in [0.25, 0.3) is 0 Å². The number of hydrogen-bond acceptors (Lipinski definition) is 2. The second-order valence-corrected chi connectivity index (χ2v) is 3.83. The normalized spacial score (nSPS) is 10.5. The number of aromatic nitrogens is 2. The third kappa shape index (κ3) is 2.01. The molecule has 78 valence electrons. The molecule has 0 saturated carbocycles. The summed E-state index contributed by atoms with van der Waals surface area (Å²) in [5.74, 6) is 0. The van der Waals surface area contributed by atoms with Crippen molar-refractivity contribution in [1.82, 2.24) is 9.78 Å². The Balaban J connectivity index is 2.22. The summed E-state index contributed by atoms with van der Waals surface area (Å²) < 4.78 is 1.92. The van der Waals surface area contributed by atoms with Gasteiger partial charge < -0.3 is 5.73 Å². The molecule has 0 unspecified atom stereocenters. The molecule has 0 aliphatic carbocycles. The molecule has 1 aromatic carbocycles. The van der Waals surface area contributed by atoms with E-state index in [-0.39, 0.29) is 0 Å². The minimum absolute atomic E-state index is 0.752. The fourth-order valence-electron chi connectivity index (χ4n) is 1.49. The largest absolute Gasteiger partial charge is 0.396 e. The van der Waals surface area contributed by atoms with Crippen LogP contribution in [-0.4, -0.2) is 9.78 Å². The highest BCUT2D eigenvalue weighted by Gasteiger charge is 2.02. The molecule has 0 amide bonds. The quantitative estimate of drug-likeness (QED) is 0.808. The Morgan fingerprint density at radius 2 is 1.87 bits per heavy atom. The van der Waals surface area contributed by atoms with Crippen LogP contribution in [0.2, 0.25) is 0 Å². The Bertz CT molecular complexity index is 454. The van der Waals surface area contributed by atoms with Gasteiger partial charge >= 0.3 is 0 Å². The summed E-state index contributed by atoms with van der Waals surface area (Å²) in [6.45, 7) is 4.85. The summed E-state index contributed by atoms with van der Waals surface area (Å²) in [5.41, 5.74) is 10.0. The topological polar surface area (TPSA) is 43.8 Å². The van der Waals surface area contributed by atoms with Crippen LogP contribution in [0.4, 0.5) is 5.69 Å². The van der Waals surface area contributed by atoms with Gasteiger partial charge in [0.1, 0.15) is 0 Å². The van der Waals surface area contributed by atoms with Crippen molar-refractivity contribution in [2.75, 3.05) is 5.73 Å². The Morgan fingerprint density at radius 1 is 1.20 bits per heavy atom. The van der Waals surface area contributed by atoms with E-state index in [4.69, 9.17) is 5.73 Å². The lowest BCUT2D eigenvalue weighted by Crippen LogP contribution is -2.04. The van der Waals surface area contributed by atoms with Crippen molar-refractivity contribution in [3.63, 3.8) is 0 Å². The van der Waals surface area contributed by atoms with Gasteiger partial charge in [-0.1, -0.05) is 29.8 Å². The second-order valence-electron chi connectivity index (χ2n) is 3.83. The standard InChI is InChI=1S/C12H15N3/c1-9-3-5-11(6-4-9)8-15-10(2)12(13)7-14-15/h3-7H,8,13H2,1-2H3. The van der Waals surface area contributed by atoms with E-state index in [0.29, 0.717) is 0 Å². The molecule has 0 saturated heterocycles. The monoisotopic (exact) mass is 201 g/mol. The highest BCUT2D eigenvalue weighted by Crippen LogP contribution is 2.11. The van der Waals surface area contributed by atoms with Gasteiger partial charge in [0.15, 0.2) is 0 Å². The molecule has 1 aromatic heterocycles. The minimum atomic E-state index is 0.752. The van der Waals surface area contributed by atoms with Crippen LogP contribution in [0, 0.1) is 13.8 Å². The van der Waals surface area contributed by atoms with E-state index in [9.17, 15) is 0 Å². The summed E-state index contributed by atoms with van der Waals surface area (Å²) in [5, 5.41) is 4.22. The molecule has 0 fully saturated rings. The zero-order valence-corrected chi connectivity index (χ0v) is 9.07. The third-order valence-electron chi connectivity index (χ3n) is 2.59. The van der Waals surface area contributed by atoms with Crippen molar-refractivity contribution < 1.29 is 0 Å². The summed E-state index contributed by atoms with van der Waals surface area (Å²) >= 11 is 0. The van der Waals surface area contributed by atoms with E-state index in [0.717, 1.165) is 17.9 Å². The molecule has 0 bridgehead atoms. The van der Waals surface area contributed by atoms with E-state index in [1.54, 1.807) is 6.20 Å². The first-order valence-corrected chi connectivity index (χ1v) is 5.00. The van der Waals surface area contributed by atoms with Crippen LogP contribution in [0.5, 0.6) is 0 Å². The van der Waals surface area contributed by atoms with Crippen molar-refractivity contribution in [3.05, 3.63) is 47.3 Å². The highest BCUT2D eigenvalue weighted by molar-refractivity contribution is 5.40. The lowest BCUT2D eigenvalue weighted by Gasteiger charge is -2.05. The van der Waals surface area contributed by atoms with Gasteiger partial charge in [-0.3, -0.25) is 4.68 Å². The minimum Gasteiger partial charge on any atom is -0.396 e. The smallest absolute Gasteiger partial charge is 0.0730 e. The van der Waals surface area contributed by atoms with Crippen LogP contribution in [0.15, 0.2) is 30.5 Å². The number of benzene rings is 1. The van der Waals surface area contributed by atoms with Crippen LogP contribution >= 0.6 is 0 Å². The number of anilines is 1. The van der Waals surface area contributed by atoms with Crippen molar-refractivity contribution in [1.29, 1.82) is 0 Å². The molecule has 0 spiro atoms. The molecule has 15 heavy (non-hydrogen) atoms. The number of rotatable bonds is 2. The maximum Gasteiger partial charge on any atom is 0.0730 e. The zero-order chi connectivity index (χ0) is 10.8. The number of aryl methyl sites for hydroxylation is 1. The Hall–Kier alpha value is -1.77. The van der Waals surface area contributed by atoms with Gasteiger partial charge in [-0.15, -0.1) is 0 Å². The average Bonchev–Trinajstić information content (AvgIpc) is 2.53. The molecule has 3 nitrogen and oxygen atoms in total. The fourth-order valence-corrected chi connectivity index (χ4v) is 1.49. The van der Waals surface area contributed by atoms with Gasteiger partial charge in [0.2, 0.25) is 0 Å². The highest BCUT2D eigenvalue weighted by atomic mass is 15.3. The van der Waals surface area contributed by atoms with Crippen LogP contribution < -0.4 is 5.73 Å². The van der Waals surface area contributed by atoms with Gasteiger partial charge in [-0.2, -0.15) is 5.10 Å². The van der Waals surface area contributed by atoms with Crippen molar-refractivity contribution in [2.45, 2.75) is 20.4 Å². The molecular weight excluding hydrogens is 186 g/mol. The number of nitrogens with zero attached hydrogens (tertiary/aromatic N) is 2. The zero-order valence-electron chi connectivity index (χ0n) is 9.07. The fraction of sp³-hybridized carbons (Fsp3) is 0.250. The first kappa shape index (κ1) is 9.77. The molecule has 2 aromatic rings. The van der Waals surface area contributed by atoms with Crippen LogP contribution in [0.1, 0.15) is 16.8 Å². The van der Waals surface area contributed by atoms with E-state index >= 15 is 0 Å². The summed E-state index contributed by atoms with van der Waals surface area (Å²) in [7, 11) is 0. The van der Waals surface area contributed by atoms with Crippen LogP contribution in [0.3, 0.4) is 0 Å². The first-order chi connectivity index (χ1) is 7.16. The van der Waals surface area contributed by atoms with Gasteiger partial charge in [-0.25, -0.2) is 0 Å². The van der Waals surface area contributed by atoms with Gasteiger partial charge in [0.05, 0.1) is 24.1 Å². The Morgan fingerprint density at radius 3 is 2.40 bits per heavy atom.